The monoisotopic (exact) mass is 284 g/mol. The Hall–Kier alpha value is 0.530. The fourth-order valence-corrected chi connectivity index (χ4v) is 0.986. The summed E-state index contributed by atoms with van der Waals surface area (Å²) in [5, 5.41) is 0. The molecule has 0 aliphatic carbocycles. The van der Waals surface area contributed by atoms with Crippen molar-refractivity contribution < 1.29 is 0 Å². The average molecular weight is 286 g/mol. The summed E-state index contributed by atoms with van der Waals surface area (Å²) in [6.07, 6.45) is 2.08. The summed E-state index contributed by atoms with van der Waals surface area (Å²) in [7, 11) is 0. The molecule has 0 heterocycles. The van der Waals surface area contributed by atoms with Gasteiger partial charge in [0, 0.05) is 4.90 Å². The molecule has 0 aliphatic heterocycles. The minimum atomic E-state index is 0. The van der Waals surface area contributed by atoms with Gasteiger partial charge in [-0.2, -0.15) is 0 Å². The largest absolute Gasteiger partial charge is 0.130 e. The Morgan fingerprint density at radius 1 is 1.00 bits per heavy atom. The average Bonchev–Trinajstić information content (AvgIpc) is 1.90. The minimum absolute atomic E-state index is 0. The number of hydrogen-bond acceptors (Lipinski definition) is 1. The van der Waals surface area contributed by atoms with Crippen LogP contribution in [0.4, 0.5) is 0 Å². The van der Waals surface area contributed by atoms with E-state index in [2.05, 4.69) is 18.4 Å². The molecule has 0 aromatic heterocycles. The van der Waals surface area contributed by atoms with Crippen LogP contribution >= 0.6 is 45.7 Å². The molecule has 0 saturated heterocycles. The molecule has 0 nitrogen and oxygen atoms in total. The van der Waals surface area contributed by atoms with E-state index in [0.29, 0.717) is 0 Å². The second kappa shape index (κ2) is 7.63. The van der Waals surface area contributed by atoms with Crippen molar-refractivity contribution >= 4 is 45.7 Å². The fraction of sp³-hybridized carbons (Fsp3) is 0.143. The first kappa shape index (κ1) is 13.1. The van der Waals surface area contributed by atoms with Crippen molar-refractivity contribution in [1.29, 1.82) is 0 Å². The SMILES string of the molecule is Br.Br.CSc1ccccc1. The van der Waals surface area contributed by atoms with Crippen LogP contribution in [0.3, 0.4) is 0 Å². The van der Waals surface area contributed by atoms with Crippen LogP contribution in [0.1, 0.15) is 0 Å². The van der Waals surface area contributed by atoms with Gasteiger partial charge in [-0.05, 0) is 18.4 Å². The third-order valence-corrected chi connectivity index (χ3v) is 1.72. The molecular formula is C7H10Br2S. The summed E-state index contributed by atoms with van der Waals surface area (Å²) >= 11 is 1.77. The molecule has 0 bridgehead atoms. The smallest absolute Gasteiger partial charge is 0.00691 e. The lowest BCUT2D eigenvalue weighted by Crippen LogP contribution is -1.62. The van der Waals surface area contributed by atoms with Gasteiger partial charge in [-0.15, -0.1) is 45.7 Å². The third-order valence-electron chi connectivity index (χ3n) is 0.979. The summed E-state index contributed by atoms with van der Waals surface area (Å²) in [5.74, 6) is 0. The lowest BCUT2D eigenvalue weighted by molar-refractivity contribution is 1.47. The minimum Gasteiger partial charge on any atom is -0.130 e. The molecule has 0 N–H and O–H groups in total. The quantitative estimate of drug-likeness (QED) is 0.711. The summed E-state index contributed by atoms with van der Waals surface area (Å²) in [6, 6.07) is 10.3. The van der Waals surface area contributed by atoms with Gasteiger partial charge in [-0.3, -0.25) is 0 Å². The van der Waals surface area contributed by atoms with Gasteiger partial charge in [0.25, 0.3) is 0 Å². The summed E-state index contributed by atoms with van der Waals surface area (Å²) < 4.78 is 0. The van der Waals surface area contributed by atoms with Crippen molar-refractivity contribution in [1.82, 2.24) is 0 Å². The molecule has 10 heavy (non-hydrogen) atoms. The Bertz CT molecular complexity index is 153. The first-order valence-electron chi connectivity index (χ1n) is 2.52. The van der Waals surface area contributed by atoms with Crippen LogP contribution in [0.15, 0.2) is 35.2 Å². The van der Waals surface area contributed by atoms with Gasteiger partial charge in [0.15, 0.2) is 0 Å². The van der Waals surface area contributed by atoms with Gasteiger partial charge in [-0.25, -0.2) is 0 Å². The van der Waals surface area contributed by atoms with Crippen LogP contribution < -0.4 is 0 Å². The van der Waals surface area contributed by atoms with Crippen molar-refractivity contribution in [3.8, 4) is 0 Å². The molecule has 0 saturated carbocycles. The van der Waals surface area contributed by atoms with Crippen LogP contribution in [0.25, 0.3) is 0 Å². The zero-order chi connectivity index (χ0) is 5.82. The van der Waals surface area contributed by atoms with Gasteiger partial charge in [0.05, 0.1) is 0 Å². The van der Waals surface area contributed by atoms with Crippen LogP contribution in [0, 0.1) is 0 Å². The number of hydrogen-bond donors (Lipinski definition) is 0. The summed E-state index contributed by atoms with van der Waals surface area (Å²) in [4.78, 5) is 1.33. The van der Waals surface area contributed by atoms with Gasteiger partial charge in [0.1, 0.15) is 0 Å². The van der Waals surface area contributed by atoms with E-state index in [1.165, 1.54) is 4.90 Å². The van der Waals surface area contributed by atoms with Crippen molar-refractivity contribution in [3.05, 3.63) is 30.3 Å². The second-order valence-corrected chi connectivity index (χ2v) is 2.40. The first-order valence-corrected chi connectivity index (χ1v) is 3.75. The molecule has 0 fully saturated rings. The van der Waals surface area contributed by atoms with Gasteiger partial charge in [0.2, 0.25) is 0 Å². The lowest BCUT2D eigenvalue weighted by atomic mass is 10.4. The number of thioether (sulfide) groups is 1. The molecule has 0 atom stereocenters. The molecule has 3 heteroatoms. The second-order valence-electron chi connectivity index (χ2n) is 1.52. The van der Waals surface area contributed by atoms with Gasteiger partial charge in [-0.1, -0.05) is 18.2 Å². The topological polar surface area (TPSA) is 0 Å². The van der Waals surface area contributed by atoms with Crippen molar-refractivity contribution in [2.75, 3.05) is 6.26 Å². The Kier molecular flexibility index (Phi) is 10.0. The zero-order valence-electron chi connectivity index (χ0n) is 5.61. The Morgan fingerprint density at radius 3 is 1.80 bits per heavy atom. The highest BCUT2D eigenvalue weighted by atomic mass is 79.9. The van der Waals surface area contributed by atoms with E-state index in [9.17, 15) is 0 Å². The fourth-order valence-electron chi connectivity index (χ4n) is 0.557. The van der Waals surface area contributed by atoms with E-state index < -0.39 is 0 Å². The van der Waals surface area contributed by atoms with Crippen LogP contribution in [0.5, 0.6) is 0 Å². The molecule has 58 valence electrons. The van der Waals surface area contributed by atoms with E-state index >= 15 is 0 Å². The zero-order valence-corrected chi connectivity index (χ0v) is 9.85. The Labute approximate surface area is 86.9 Å². The summed E-state index contributed by atoms with van der Waals surface area (Å²) in [5.41, 5.74) is 0. The standard InChI is InChI=1S/C7H8S.2BrH/c1-8-7-5-3-2-4-6-7;;/h2-6H,1H3;2*1H. The third kappa shape index (κ3) is 4.36. The molecule has 0 aliphatic rings. The lowest BCUT2D eigenvalue weighted by Gasteiger charge is -1.89. The number of rotatable bonds is 1. The molecule has 1 rings (SSSR count). The summed E-state index contributed by atoms with van der Waals surface area (Å²) in [6.45, 7) is 0. The maximum absolute atomic E-state index is 2.10. The van der Waals surface area contributed by atoms with Crippen LogP contribution in [-0.4, -0.2) is 6.26 Å². The number of benzene rings is 1. The highest BCUT2D eigenvalue weighted by Crippen LogP contribution is 2.11. The maximum Gasteiger partial charge on any atom is 0.00691 e. The van der Waals surface area contributed by atoms with Gasteiger partial charge < -0.3 is 0 Å². The van der Waals surface area contributed by atoms with E-state index in [1.807, 2.05) is 18.2 Å². The van der Waals surface area contributed by atoms with Crippen LogP contribution in [-0.2, 0) is 0 Å². The normalized spacial score (nSPS) is 7.30. The highest BCUT2D eigenvalue weighted by Gasteiger charge is 1.80. The first-order chi connectivity index (χ1) is 3.93. The highest BCUT2D eigenvalue weighted by molar-refractivity contribution is 8.93. The molecule has 1 aromatic rings. The van der Waals surface area contributed by atoms with Crippen molar-refractivity contribution in [3.63, 3.8) is 0 Å². The molecule has 0 spiro atoms. The predicted octanol–water partition coefficient (Wildman–Crippen LogP) is 3.56. The van der Waals surface area contributed by atoms with E-state index in [4.69, 9.17) is 0 Å². The predicted molar refractivity (Wildman–Crippen MR) is 58.9 cm³/mol. The Morgan fingerprint density at radius 2 is 1.50 bits per heavy atom. The van der Waals surface area contributed by atoms with E-state index in [1.54, 1.807) is 11.8 Å². The van der Waals surface area contributed by atoms with E-state index in [-0.39, 0.29) is 34.0 Å². The molecule has 0 unspecified atom stereocenters. The number of halogens is 2. The molecule has 0 amide bonds. The van der Waals surface area contributed by atoms with Gasteiger partial charge >= 0.3 is 0 Å². The van der Waals surface area contributed by atoms with Crippen LogP contribution in [0.2, 0.25) is 0 Å². The molecular weight excluding hydrogens is 276 g/mol. The Balaban J connectivity index is 0. The maximum atomic E-state index is 2.10. The molecule has 1 aromatic carbocycles. The van der Waals surface area contributed by atoms with Crippen molar-refractivity contribution in [2.24, 2.45) is 0 Å². The van der Waals surface area contributed by atoms with Crippen molar-refractivity contribution in [2.45, 2.75) is 4.90 Å². The van der Waals surface area contributed by atoms with E-state index in [0.717, 1.165) is 0 Å². The molecule has 0 radical (unpaired) electrons.